The van der Waals surface area contributed by atoms with Gasteiger partial charge in [-0.2, -0.15) is 0 Å². The number of carboxylic acid groups (broad SMARTS) is 1. The Morgan fingerprint density at radius 1 is 1.33 bits per heavy atom. The summed E-state index contributed by atoms with van der Waals surface area (Å²) in [5, 5.41) is 11.9. The Morgan fingerprint density at radius 3 is 2.76 bits per heavy atom. The molecule has 1 aromatic carbocycles. The summed E-state index contributed by atoms with van der Waals surface area (Å²) in [5.41, 5.74) is 3.11. The molecule has 1 aromatic rings. The smallest absolute Gasteiger partial charge is 0.307 e. The number of amides is 1. The number of aryl methyl sites for hydroxylation is 2. The van der Waals surface area contributed by atoms with Crippen molar-refractivity contribution in [3.8, 4) is 0 Å². The summed E-state index contributed by atoms with van der Waals surface area (Å²) in [6.07, 6.45) is 1.53. The van der Waals surface area contributed by atoms with Gasteiger partial charge in [0.1, 0.15) is 0 Å². The molecule has 2 N–H and O–H groups in total. The average Bonchev–Trinajstić information content (AvgIpc) is 2.43. The number of likely N-dealkylation sites (tertiary alicyclic amines) is 1. The van der Waals surface area contributed by atoms with E-state index in [0.717, 1.165) is 24.2 Å². The Morgan fingerprint density at radius 2 is 2.10 bits per heavy atom. The molecular formula is C16H22N2O3. The number of anilines is 1. The zero-order valence-corrected chi connectivity index (χ0v) is 12.6. The van der Waals surface area contributed by atoms with Crippen LogP contribution < -0.4 is 5.32 Å². The standard InChI is InChI=1S/C16H22N2O3/c1-11-5-6-14(8-12(11)2)17-15(19)10-18-7-3-4-13(9-18)16(20)21/h5-6,8,13H,3-4,7,9-10H2,1-2H3,(H,17,19)(H,20,21). The molecule has 0 aliphatic carbocycles. The van der Waals surface area contributed by atoms with Crippen molar-refractivity contribution in [2.45, 2.75) is 26.7 Å². The van der Waals surface area contributed by atoms with Crippen molar-refractivity contribution in [3.63, 3.8) is 0 Å². The van der Waals surface area contributed by atoms with Crippen LogP contribution in [0.3, 0.4) is 0 Å². The molecule has 114 valence electrons. The van der Waals surface area contributed by atoms with Crippen molar-refractivity contribution >= 4 is 17.6 Å². The van der Waals surface area contributed by atoms with Crippen LogP contribution in [0, 0.1) is 19.8 Å². The van der Waals surface area contributed by atoms with E-state index >= 15 is 0 Å². The predicted molar refractivity (Wildman–Crippen MR) is 81.3 cm³/mol. The number of hydrogen-bond donors (Lipinski definition) is 2. The van der Waals surface area contributed by atoms with Crippen LogP contribution in [0.2, 0.25) is 0 Å². The number of nitrogens with one attached hydrogen (secondary N) is 1. The van der Waals surface area contributed by atoms with Crippen LogP contribution in [0.25, 0.3) is 0 Å². The summed E-state index contributed by atoms with van der Waals surface area (Å²) in [5.74, 6) is -1.22. The Balaban J connectivity index is 1.89. The van der Waals surface area contributed by atoms with E-state index < -0.39 is 5.97 Å². The molecule has 1 amide bonds. The van der Waals surface area contributed by atoms with E-state index in [2.05, 4.69) is 5.32 Å². The lowest BCUT2D eigenvalue weighted by atomic mass is 9.98. The molecule has 1 saturated heterocycles. The maximum Gasteiger partial charge on any atom is 0.307 e. The lowest BCUT2D eigenvalue weighted by molar-refractivity contribution is -0.144. The van der Waals surface area contributed by atoms with Crippen LogP contribution in [0.1, 0.15) is 24.0 Å². The van der Waals surface area contributed by atoms with Gasteiger partial charge in [-0.3, -0.25) is 14.5 Å². The van der Waals surface area contributed by atoms with E-state index in [1.165, 1.54) is 5.56 Å². The summed E-state index contributed by atoms with van der Waals surface area (Å²) in [6, 6.07) is 5.81. The molecule has 1 aliphatic rings. The number of carboxylic acids is 1. The van der Waals surface area contributed by atoms with Gasteiger partial charge in [-0.25, -0.2) is 0 Å². The number of rotatable bonds is 4. The molecule has 1 heterocycles. The van der Waals surface area contributed by atoms with E-state index in [0.29, 0.717) is 13.0 Å². The number of piperidine rings is 1. The summed E-state index contributed by atoms with van der Waals surface area (Å²) < 4.78 is 0. The van der Waals surface area contributed by atoms with Gasteiger partial charge in [0, 0.05) is 12.2 Å². The first kappa shape index (κ1) is 15.5. The van der Waals surface area contributed by atoms with Gasteiger partial charge in [0.2, 0.25) is 5.91 Å². The Kier molecular flexibility index (Phi) is 4.96. The van der Waals surface area contributed by atoms with Gasteiger partial charge in [0.05, 0.1) is 12.5 Å². The molecule has 5 heteroatoms. The van der Waals surface area contributed by atoms with Crippen LogP contribution in [0.15, 0.2) is 18.2 Å². The second kappa shape index (κ2) is 6.72. The minimum atomic E-state index is -0.769. The van der Waals surface area contributed by atoms with Crippen molar-refractivity contribution in [2.24, 2.45) is 5.92 Å². The van der Waals surface area contributed by atoms with Crippen molar-refractivity contribution in [1.29, 1.82) is 0 Å². The van der Waals surface area contributed by atoms with E-state index in [1.807, 2.05) is 36.9 Å². The van der Waals surface area contributed by atoms with Gasteiger partial charge in [-0.1, -0.05) is 6.07 Å². The molecular weight excluding hydrogens is 268 g/mol. The first-order valence-electron chi connectivity index (χ1n) is 7.28. The van der Waals surface area contributed by atoms with Crippen LogP contribution in [-0.2, 0) is 9.59 Å². The number of hydrogen-bond acceptors (Lipinski definition) is 3. The van der Waals surface area contributed by atoms with Gasteiger partial charge >= 0.3 is 5.97 Å². The fourth-order valence-corrected chi connectivity index (χ4v) is 2.62. The van der Waals surface area contributed by atoms with Gasteiger partial charge in [-0.05, 0) is 56.5 Å². The largest absolute Gasteiger partial charge is 0.481 e. The van der Waals surface area contributed by atoms with E-state index in [4.69, 9.17) is 5.11 Å². The number of carbonyl (C=O) groups excluding carboxylic acids is 1. The molecule has 1 aliphatic heterocycles. The van der Waals surface area contributed by atoms with Gasteiger partial charge in [0.15, 0.2) is 0 Å². The summed E-state index contributed by atoms with van der Waals surface area (Å²) in [6.45, 7) is 5.52. The molecule has 5 nitrogen and oxygen atoms in total. The highest BCUT2D eigenvalue weighted by Crippen LogP contribution is 2.17. The highest BCUT2D eigenvalue weighted by molar-refractivity contribution is 5.92. The quantitative estimate of drug-likeness (QED) is 0.890. The first-order valence-corrected chi connectivity index (χ1v) is 7.28. The van der Waals surface area contributed by atoms with Crippen LogP contribution in [-0.4, -0.2) is 41.5 Å². The SMILES string of the molecule is Cc1ccc(NC(=O)CN2CCCC(C(=O)O)C2)cc1C. The molecule has 1 atom stereocenters. The van der Waals surface area contributed by atoms with Gasteiger partial charge in [-0.15, -0.1) is 0 Å². The van der Waals surface area contributed by atoms with Crippen LogP contribution in [0.4, 0.5) is 5.69 Å². The molecule has 1 unspecified atom stereocenters. The molecule has 0 spiro atoms. The van der Waals surface area contributed by atoms with Crippen molar-refractivity contribution in [2.75, 3.05) is 25.0 Å². The third-order valence-corrected chi connectivity index (χ3v) is 4.01. The van der Waals surface area contributed by atoms with E-state index in [-0.39, 0.29) is 18.4 Å². The maximum atomic E-state index is 12.1. The monoisotopic (exact) mass is 290 g/mol. The van der Waals surface area contributed by atoms with Crippen molar-refractivity contribution in [1.82, 2.24) is 4.90 Å². The topological polar surface area (TPSA) is 69.6 Å². The van der Waals surface area contributed by atoms with E-state index in [9.17, 15) is 9.59 Å². The molecule has 1 fully saturated rings. The molecule has 0 radical (unpaired) electrons. The maximum absolute atomic E-state index is 12.1. The third-order valence-electron chi connectivity index (χ3n) is 4.01. The summed E-state index contributed by atoms with van der Waals surface area (Å²) in [4.78, 5) is 25.0. The van der Waals surface area contributed by atoms with Crippen molar-refractivity contribution in [3.05, 3.63) is 29.3 Å². The second-order valence-electron chi connectivity index (χ2n) is 5.76. The second-order valence-corrected chi connectivity index (χ2v) is 5.76. The highest BCUT2D eigenvalue weighted by Gasteiger charge is 2.26. The van der Waals surface area contributed by atoms with Crippen molar-refractivity contribution < 1.29 is 14.7 Å². The molecule has 2 rings (SSSR count). The zero-order valence-electron chi connectivity index (χ0n) is 12.6. The molecule has 0 bridgehead atoms. The minimum Gasteiger partial charge on any atom is -0.481 e. The Labute approximate surface area is 125 Å². The first-order chi connectivity index (χ1) is 9.95. The average molecular weight is 290 g/mol. The predicted octanol–water partition coefficient (Wildman–Crippen LogP) is 2.04. The number of nitrogens with zero attached hydrogens (tertiary/aromatic N) is 1. The minimum absolute atomic E-state index is 0.0932. The van der Waals surface area contributed by atoms with Crippen LogP contribution in [0.5, 0.6) is 0 Å². The fraction of sp³-hybridized carbons (Fsp3) is 0.500. The normalized spacial score (nSPS) is 19.2. The molecule has 21 heavy (non-hydrogen) atoms. The van der Waals surface area contributed by atoms with Gasteiger partial charge in [0.25, 0.3) is 0 Å². The highest BCUT2D eigenvalue weighted by atomic mass is 16.4. The Hall–Kier alpha value is -1.88. The number of carbonyl (C=O) groups is 2. The lowest BCUT2D eigenvalue weighted by Gasteiger charge is -2.29. The van der Waals surface area contributed by atoms with Crippen LogP contribution >= 0.6 is 0 Å². The number of benzene rings is 1. The fourth-order valence-electron chi connectivity index (χ4n) is 2.62. The molecule has 0 saturated carbocycles. The Bertz CT molecular complexity index is 542. The van der Waals surface area contributed by atoms with Gasteiger partial charge < -0.3 is 10.4 Å². The zero-order chi connectivity index (χ0) is 15.4. The number of aliphatic carboxylic acids is 1. The van der Waals surface area contributed by atoms with E-state index in [1.54, 1.807) is 0 Å². The molecule has 0 aromatic heterocycles. The lowest BCUT2D eigenvalue weighted by Crippen LogP contribution is -2.42. The summed E-state index contributed by atoms with van der Waals surface area (Å²) in [7, 11) is 0. The summed E-state index contributed by atoms with van der Waals surface area (Å²) >= 11 is 0. The third kappa shape index (κ3) is 4.29.